The van der Waals surface area contributed by atoms with E-state index in [-0.39, 0.29) is 0 Å². The molecule has 238 valence electrons. The summed E-state index contributed by atoms with van der Waals surface area (Å²) in [5.41, 5.74) is 9.59. The summed E-state index contributed by atoms with van der Waals surface area (Å²) in [7, 11) is 3.43. The third-order valence-corrected chi connectivity index (χ3v) is 10.0. The van der Waals surface area contributed by atoms with Crippen LogP contribution in [0.1, 0.15) is 0 Å². The number of benzene rings is 9. The number of rotatable bonds is 6. The first-order chi connectivity index (χ1) is 24.7. The zero-order valence-corrected chi connectivity index (χ0v) is 28.0. The van der Waals surface area contributed by atoms with Gasteiger partial charge in [0, 0.05) is 0 Å². The molecule has 0 atom stereocenters. The Balaban J connectivity index is 1.40. The van der Waals surface area contributed by atoms with Gasteiger partial charge in [0.2, 0.25) is 0 Å². The molecule has 0 aromatic heterocycles. The zero-order chi connectivity index (χ0) is 33.6. The third-order valence-electron chi connectivity index (χ3n) is 10.0. The lowest BCUT2D eigenvalue weighted by atomic mass is 9.81. The number of fused-ring (bicyclic) bond motifs is 4. The van der Waals surface area contributed by atoms with Crippen LogP contribution in [0.5, 0.6) is 11.5 Å². The van der Waals surface area contributed by atoms with Gasteiger partial charge < -0.3 is 9.47 Å². The minimum Gasteiger partial charge on any atom is -0.497 e. The summed E-state index contributed by atoms with van der Waals surface area (Å²) in [6.45, 7) is 0. The monoisotopic (exact) mass is 642 g/mol. The van der Waals surface area contributed by atoms with Crippen LogP contribution in [-0.2, 0) is 0 Å². The molecular weight excluding hydrogens is 609 g/mol. The zero-order valence-electron chi connectivity index (χ0n) is 28.0. The van der Waals surface area contributed by atoms with Crippen LogP contribution in [0.4, 0.5) is 0 Å². The lowest BCUT2D eigenvalue weighted by molar-refractivity contribution is 0.415. The van der Waals surface area contributed by atoms with Crippen LogP contribution in [0, 0.1) is 0 Å². The minimum absolute atomic E-state index is 0.847. The predicted octanol–water partition coefficient (Wildman–Crippen LogP) is 13.0. The van der Waals surface area contributed by atoms with Crippen molar-refractivity contribution >= 4 is 43.1 Å². The first-order valence-corrected chi connectivity index (χ1v) is 17.0. The normalized spacial score (nSPS) is 11.4. The maximum atomic E-state index is 5.53. The van der Waals surface area contributed by atoms with Crippen LogP contribution in [-0.4, -0.2) is 14.2 Å². The van der Waals surface area contributed by atoms with Crippen molar-refractivity contribution in [2.45, 2.75) is 0 Å². The van der Waals surface area contributed by atoms with Crippen LogP contribution in [0.2, 0.25) is 0 Å². The van der Waals surface area contributed by atoms with Gasteiger partial charge in [-0.2, -0.15) is 0 Å². The summed E-state index contributed by atoms with van der Waals surface area (Å²) < 4.78 is 11.1. The summed E-state index contributed by atoms with van der Waals surface area (Å²) in [4.78, 5) is 0. The summed E-state index contributed by atoms with van der Waals surface area (Å²) in [5.74, 6) is 1.69. The highest BCUT2D eigenvalue weighted by molar-refractivity contribution is 6.24. The number of methoxy groups -OCH3 is 2. The van der Waals surface area contributed by atoms with E-state index >= 15 is 0 Å². The third kappa shape index (κ3) is 4.96. The summed E-state index contributed by atoms with van der Waals surface area (Å²) in [5, 5.41) is 9.75. The van der Waals surface area contributed by atoms with E-state index in [1.807, 2.05) is 24.3 Å². The van der Waals surface area contributed by atoms with Gasteiger partial charge in [-0.1, -0.05) is 121 Å². The highest BCUT2D eigenvalue weighted by atomic mass is 16.5. The maximum Gasteiger partial charge on any atom is 0.118 e. The summed E-state index contributed by atoms with van der Waals surface area (Å²) in [6.07, 6.45) is 0. The molecule has 0 aliphatic heterocycles. The summed E-state index contributed by atoms with van der Waals surface area (Å²) in [6, 6.07) is 61.5. The molecule has 9 aromatic rings. The fraction of sp³-hybridized carbons (Fsp3) is 0.0417. The molecule has 0 spiro atoms. The van der Waals surface area contributed by atoms with E-state index in [4.69, 9.17) is 9.47 Å². The van der Waals surface area contributed by atoms with Crippen LogP contribution in [0.25, 0.3) is 87.6 Å². The van der Waals surface area contributed by atoms with Crippen molar-refractivity contribution in [3.8, 4) is 56.0 Å². The van der Waals surface area contributed by atoms with Crippen molar-refractivity contribution < 1.29 is 9.47 Å². The molecule has 2 heteroatoms. The Morgan fingerprint density at radius 2 is 0.580 bits per heavy atom. The van der Waals surface area contributed by atoms with Gasteiger partial charge in [0.05, 0.1) is 14.2 Å². The van der Waals surface area contributed by atoms with Gasteiger partial charge in [-0.15, -0.1) is 0 Å². The Morgan fingerprint density at radius 1 is 0.300 bits per heavy atom. The molecule has 0 heterocycles. The molecule has 0 radical (unpaired) electrons. The number of ether oxygens (including phenoxy) is 2. The van der Waals surface area contributed by atoms with Gasteiger partial charge >= 0.3 is 0 Å². The van der Waals surface area contributed by atoms with Gasteiger partial charge in [-0.05, 0) is 136 Å². The largest absolute Gasteiger partial charge is 0.497 e. The average Bonchev–Trinajstić information content (AvgIpc) is 3.19. The van der Waals surface area contributed by atoms with Gasteiger partial charge in [0.15, 0.2) is 0 Å². The SMILES string of the molecule is COc1ccc(-c2cc3ccccc3cc2-c2c3ccccc3c(-c3cc4ccccc4cc3-c3ccc(OC)cc3)c3ccccc23)cc1. The number of hydrogen-bond acceptors (Lipinski definition) is 2. The lowest BCUT2D eigenvalue weighted by Gasteiger charge is -2.22. The molecule has 9 aromatic carbocycles. The maximum absolute atomic E-state index is 5.53. The van der Waals surface area contributed by atoms with Crippen LogP contribution in [0.15, 0.2) is 170 Å². The Hall–Kier alpha value is -6.38. The van der Waals surface area contributed by atoms with E-state index in [0.717, 1.165) is 22.6 Å². The van der Waals surface area contributed by atoms with Crippen molar-refractivity contribution in [2.24, 2.45) is 0 Å². The Labute approximate surface area is 291 Å². The second-order valence-electron chi connectivity index (χ2n) is 12.8. The second-order valence-corrected chi connectivity index (χ2v) is 12.8. The van der Waals surface area contributed by atoms with Gasteiger partial charge in [-0.3, -0.25) is 0 Å². The lowest BCUT2D eigenvalue weighted by Crippen LogP contribution is -1.95. The van der Waals surface area contributed by atoms with E-state index in [1.165, 1.54) is 76.5 Å². The summed E-state index contributed by atoms with van der Waals surface area (Å²) >= 11 is 0. The first kappa shape index (κ1) is 29.7. The Bertz CT molecular complexity index is 2460. The fourth-order valence-electron chi connectivity index (χ4n) is 7.62. The first-order valence-electron chi connectivity index (χ1n) is 17.0. The number of hydrogen-bond donors (Lipinski definition) is 0. The molecule has 0 unspecified atom stereocenters. The highest BCUT2D eigenvalue weighted by Crippen LogP contribution is 2.49. The van der Waals surface area contributed by atoms with Crippen LogP contribution < -0.4 is 9.47 Å². The molecule has 0 bridgehead atoms. The molecule has 0 aliphatic rings. The molecule has 0 N–H and O–H groups in total. The minimum atomic E-state index is 0.847. The van der Waals surface area contributed by atoms with E-state index < -0.39 is 0 Å². The van der Waals surface area contributed by atoms with Gasteiger partial charge in [-0.25, -0.2) is 0 Å². The van der Waals surface area contributed by atoms with Crippen molar-refractivity contribution in [1.82, 2.24) is 0 Å². The molecule has 0 aliphatic carbocycles. The molecule has 0 saturated heterocycles. The average molecular weight is 643 g/mol. The van der Waals surface area contributed by atoms with Crippen molar-refractivity contribution in [3.05, 3.63) is 170 Å². The predicted molar refractivity (Wildman–Crippen MR) is 211 cm³/mol. The molecule has 50 heavy (non-hydrogen) atoms. The smallest absolute Gasteiger partial charge is 0.118 e. The van der Waals surface area contributed by atoms with E-state index in [2.05, 4.69) is 146 Å². The quantitative estimate of drug-likeness (QED) is 0.168. The molecule has 0 fully saturated rings. The molecule has 0 amide bonds. The Kier molecular flexibility index (Phi) is 7.29. The topological polar surface area (TPSA) is 18.5 Å². The van der Waals surface area contributed by atoms with Crippen LogP contribution >= 0.6 is 0 Å². The van der Waals surface area contributed by atoms with Crippen LogP contribution in [0.3, 0.4) is 0 Å². The molecule has 9 rings (SSSR count). The van der Waals surface area contributed by atoms with Gasteiger partial charge in [0.1, 0.15) is 11.5 Å². The van der Waals surface area contributed by atoms with Crippen molar-refractivity contribution in [3.63, 3.8) is 0 Å². The van der Waals surface area contributed by atoms with Crippen molar-refractivity contribution in [1.29, 1.82) is 0 Å². The molecule has 2 nitrogen and oxygen atoms in total. The Morgan fingerprint density at radius 3 is 0.880 bits per heavy atom. The van der Waals surface area contributed by atoms with E-state index in [9.17, 15) is 0 Å². The van der Waals surface area contributed by atoms with E-state index in [1.54, 1.807) is 14.2 Å². The second kappa shape index (κ2) is 12.3. The molecule has 0 saturated carbocycles. The van der Waals surface area contributed by atoms with E-state index in [0.29, 0.717) is 0 Å². The standard InChI is InChI=1S/C48H34O2/c1-49-37-23-19-31(20-24-37)43-27-33-11-3-5-13-35(33)29-45(43)47-39-15-7-9-17-41(39)48(42-18-10-8-16-40(42)47)46-30-36-14-6-4-12-34(36)28-44(46)32-21-25-38(50-2)26-22-32/h3-30H,1-2H3. The fourth-order valence-corrected chi connectivity index (χ4v) is 7.62. The van der Waals surface area contributed by atoms with Crippen molar-refractivity contribution in [2.75, 3.05) is 14.2 Å². The highest BCUT2D eigenvalue weighted by Gasteiger charge is 2.22. The van der Waals surface area contributed by atoms with Gasteiger partial charge in [0.25, 0.3) is 0 Å². The molecular formula is C48H34O2.